The number of anilines is 2. The Bertz CT molecular complexity index is 833. The van der Waals surface area contributed by atoms with Gasteiger partial charge in [-0.2, -0.15) is 0 Å². The van der Waals surface area contributed by atoms with Crippen LogP contribution in [0.2, 0.25) is 0 Å². The van der Waals surface area contributed by atoms with Crippen LogP contribution in [-0.2, 0) is 4.79 Å². The number of nitrogens with zero attached hydrogens (tertiary/aromatic N) is 2. The molecule has 3 rings (SSSR count). The van der Waals surface area contributed by atoms with Crippen molar-refractivity contribution in [2.75, 3.05) is 37.6 Å². The molecule has 142 valence electrons. The Morgan fingerprint density at radius 3 is 2.33 bits per heavy atom. The molecule has 1 aliphatic heterocycles. The van der Waals surface area contributed by atoms with Crippen molar-refractivity contribution in [3.63, 3.8) is 0 Å². The Morgan fingerprint density at radius 1 is 1.00 bits per heavy atom. The lowest BCUT2D eigenvalue weighted by molar-refractivity contribution is -0.119. The summed E-state index contributed by atoms with van der Waals surface area (Å²) in [5, 5.41) is 0. The summed E-state index contributed by atoms with van der Waals surface area (Å²) in [7, 11) is 4.84. The lowest BCUT2D eigenvalue weighted by atomic mass is 10.1. The van der Waals surface area contributed by atoms with Crippen molar-refractivity contribution >= 4 is 23.2 Å². The van der Waals surface area contributed by atoms with E-state index in [1.165, 1.54) is 0 Å². The summed E-state index contributed by atoms with van der Waals surface area (Å²) in [6, 6.07) is 12.5. The summed E-state index contributed by atoms with van der Waals surface area (Å²) in [5.74, 6) is 1.17. The molecule has 27 heavy (non-hydrogen) atoms. The molecule has 6 nitrogen and oxygen atoms in total. The fourth-order valence-electron chi connectivity index (χ4n) is 3.21. The Hall–Kier alpha value is -3.02. The number of hydrogen-bond donors (Lipinski definition) is 0. The molecule has 0 atom stereocenters. The molecule has 0 spiro atoms. The van der Waals surface area contributed by atoms with E-state index in [0.717, 1.165) is 25.1 Å². The van der Waals surface area contributed by atoms with Crippen LogP contribution in [0, 0.1) is 0 Å². The number of amides is 2. The summed E-state index contributed by atoms with van der Waals surface area (Å²) in [6.07, 6.45) is 2.54. The number of piperidine rings is 1. The van der Waals surface area contributed by atoms with E-state index >= 15 is 0 Å². The van der Waals surface area contributed by atoms with Crippen LogP contribution in [0.4, 0.5) is 11.4 Å². The number of methoxy groups -OCH3 is 2. The van der Waals surface area contributed by atoms with E-state index in [-0.39, 0.29) is 11.8 Å². The third kappa shape index (κ3) is 3.89. The average molecular weight is 368 g/mol. The molecule has 1 heterocycles. The molecule has 1 saturated heterocycles. The zero-order valence-corrected chi connectivity index (χ0v) is 15.9. The first-order valence-corrected chi connectivity index (χ1v) is 8.95. The van der Waals surface area contributed by atoms with Gasteiger partial charge in [0.1, 0.15) is 0 Å². The molecule has 0 unspecified atom stereocenters. The maximum atomic E-state index is 12.8. The van der Waals surface area contributed by atoms with Crippen LogP contribution in [-0.4, -0.2) is 39.6 Å². The third-order valence-corrected chi connectivity index (χ3v) is 4.81. The van der Waals surface area contributed by atoms with Crippen molar-refractivity contribution in [3.8, 4) is 11.5 Å². The van der Waals surface area contributed by atoms with Gasteiger partial charge in [0.05, 0.1) is 14.2 Å². The van der Waals surface area contributed by atoms with Gasteiger partial charge in [-0.3, -0.25) is 9.59 Å². The van der Waals surface area contributed by atoms with Crippen molar-refractivity contribution < 1.29 is 19.1 Å². The van der Waals surface area contributed by atoms with E-state index in [1.54, 1.807) is 61.4 Å². The van der Waals surface area contributed by atoms with Crippen molar-refractivity contribution in [1.82, 2.24) is 0 Å². The predicted octanol–water partition coefficient (Wildman–Crippen LogP) is 3.50. The van der Waals surface area contributed by atoms with E-state index in [0.29, 0.717) is 29.2 Å². The number of benzene rings is 2. The molecular weight excluding hydrogens is 344 g/mol. The molecule has 1 aliphatic rings. The molecule has 2 aromatic rings. The van der Waals surface area contributed by atoms with Gasteiger partial charge < -0.3 is 19.3 Å². The van der Waals surface area contributed by atoms with Gasteiger partial charge >= 0.3 is 0 Å². The molecular formula is C21H24N2O4. The molecule has 2 amide bonds. The van der Waals surface area contributed by atoms with Crippen LogP contribution in [0.15, 0.2) is 42.5 Å². The van der Waals surface area contributed by atoms with Gasteiger partial charge in [-0.1, -0.05) is 0 Å². The van der Waals surface area contributed by atoms with E-state index in [1.807, 2.05) is 12.1 Å². The molecule has 0 N–H and O–H groups in total. The first-order valence-electron chi connectivity index (χ1n) is 8.95. The van der Waals surface area contributed by atoms with Gasteiger partial charge in [0.2, 0.25) is 5.91 Å². The quantitative estimate of drug-likeness (QED) is 0.810. The minimum atomic E-state index is -0.140. The minimum absolute atomic E-state index is 0.140. The zero-order valence-electron chi connectivity index (χ0n) is 15.9. The highest BCUT2D eigenvalue weighted by atomic mass is 16.5. The van der Waals surface area contributed by atoms with Gasteiger partial charge in [-0.25, -0.2) is 0 Å². The summed E-state index contributed by atoms with van der Waals surface area (Å²) >= 11 is 0. The van der Waals surface area contributed by atoms with Crippen molar-refractivity contribution in [3.05, 3.63) is 48.0 Å². The summed E-state index contributed by atoms with van der Waals surface area (Å²) in [5.41, 5.74) is 2.10. The lowest BCUT2D eigenvalue weighted by Gasteiger charge is -2.27. The third-order valence-electron chi connectivity index (χ3n) is 4.81. The van der Waals surface area contributed by atoms with Crippen LogP contribution in [0.5, 0.6) is 11.5 Å². The minimum Gasteiger partial charge on any atom is -0.493 e. The number of carbonyl (C=O) groups is 2. The SMILES string of the molecule is COc1ccc(N(C)C(=O)c2ccc(N3CCCCC3=O)cc2)cc1OC. The lowest BCUT2D eigenvalue weighted by Crippen LogP contribution is -2.35. The summed E-state index contributed by atoms with van der Waals surface area (Å²) in [6.45, 7) is 0.734. The van der Waals surface area contributed by atoms with Crippen molar-refractivity contribution in [2.45, 2.75) is 19.3 Å². The van der Waals surface area contributed by atoms with E-state index in [9.17, 15) is 9.59 Å². The first-order chi connectivity index (χ1) is 13.0. The molecule has 0 aromatic heterocycles. The highest BCUT2D eigenvalue weighted by Crippen LogP contribution is 2.31. The second kappa shape index (κ2) is 8.12. The Morgan fingerprint density at radius 2 is 1.70 bits per heavy atom. The highest BCUT2D eigenvalue weighted by molar-refractivity contribution is 6.06. The van der Waals surface area contributed by atoms with Crippen LogP contribution < -0.4 is 19.3 Å². The monoisotopic (exact) mass is 368 g/mol. The van der Waals surface area contributed by atoms with Gasteiger partial charge in [0.25, 0.3) is 5.91 Å². The highest BCUT2D eigenvalue weighted by Gasteiger charge is 2.20. The molecule has 0 radical (unpaired) electrons. The topological polar surface area (TPSA) is 59.1 Å². The normalized spacial score (nSPS) is 14.0. The zero-order chi connectivity index (χ0) is 19.4. The van der Waals surface area contributed by atoms with Crippen LogP contribution in [0.25, 0.3) is 0 Å². The standard InChI is InChI=1S/C21H24N2O4/c1-22(17-11-12-18(26-2)19(14-17)27-3)21(25)15-7-9-16(10-8-15)23-13-5-4-6-20(23)24/h7-12,14H,4-6,13H2,1-3H3. The smallest absolute Gasteiger partial charge is 0.258 e. The van der Waals surface area contributed by atoms with Crippen LogP contribution >= 0.6 is 0 Å². The number of hydrogen-bond acceptors (Lipinski definition) is 4. The number of rotatable bonds is 5. The van der Waals surface area contributed by atoms with Gasteiger partial charge in [-0.15, -0.1) is 0 Å². The van der Waals surface area contributed by atoms with E-state index in [2.05, 4.69) is 0 Å². The van der Waals surface area contributed by atoms with E-state index in [4.69, 9.17) is 9.47 Å². The molecule has 0 aliphatic carbocycles. The Balaban J connectivity index is 1.78. The molecule has 0 saturated carbocycles. The summed E-state index contributed by atoms with van der Waals surface area (Å²) < 4.78 is 10.5. The second-order valence-electron chi connectivity index (χ2n) is 6.45. The molecule has 1 fully saturated rings. The average Bonchev–Trinajstić information content (AvgIpc) is 2.72. The largest absolute Gasteiger partial charge is 0.493 e. The Labute approximate surface area is 159 Å². The Kier molecular flexibility index (Phi) is 5.64. The van der Waals surface area contributed by atoms with Gasteiger partial charge in [0.15, 0.2) is 11.5 Å². The predicted molar refractivity (Wildman–Crippen MR) is 105 cm³/mol. The molecule has 0 bridgehead atoms. The number of carbonyl (C=O) groups excluding carboxylic acids is 2. The second-order valence-corrected chi connectivity index (χ2v) is 6.45. The molecule has 6 heteroatoms. The maximum absolute atomic E-state index is 12.8. The fourth-order valence-corrected chi connectivity index (χ4v) is 3.21. The van der Waals surface area contributed by atoms with Gasteiger partial charge in [0, 0.05) is 43.0 Å². The van der Waals surface area contributed by atoms with E-state index < -0.39 is 0 Å². The van der Waals surface area contributed by atoms with Crippen molar-refractivity contribution in [1.29, 1.82) is 0 Å². The first kappa shape index (κ1) is 18.8. The van der Waals surface area contributed by atoms with Crippen LogP contribution in [0.1, 0.15) is 29.6 Å². The fraction of sp³-hybridized carbons (Fsp3) is 0.333. The van der Waals surface area contributed by atoms with Gasteiger partial charge in [-0.05, 0) is 49.2 Å². The maximum Gasteiger partial charge on any atom is 0.258 e. The summed E-state index contributed by atoms with van der Waals surface area (Å²) in [4.78, 5) is 28.2. The molecule has 2 aromatic carbocycles. The van der Waals surface area contributed by atoms with Crippen LogP contribution in [0.3, 0.4) is 0 Å². The number of ether oxygens (including phenoxy) is 2. The van der Waals surface area contributed by atoms with Crippen molar-refractivity contribution in [2.24, 2.45) is 0 Å².